The fourth-order valence-electron chi connectivity index (χ4n) is 1.07. The Kier molecular flexibility index (Phi) is 1.46. The van der Waals surface area contributed by atoms with Crippen LogP contribution in [-0.4, -0.2) is 9.97 Å². The Bertz CT molecular complexity index is 455. The second-order valence-electron chi connectivity index (χ2n) is 2.52. The van der Waals surface area contributed by atoms with Crippen molar-refractivity contribution < 1.29 is 4.42 Å². The molecule has 0 aliphatic heterocycles. The number of aromatic nitrogens is 2. The topological polar surface area (TPSA) is 58.9 Å². The lowest BCUT2D eigenvalue weighted by Gasteiger charge is -1.91. The van der Waals surface area contributed by atoms with Gasteiger partial charge in [-0.2, -0.15) is 0 Å². The minimum atomic E-state index is -0.453. The van der Waals surface area contributed by atoms with Gasteiger partial charge in [-0.05, 0) is 18.6 Å². The summed E-state index contributed by atoms with van der Waals surface area (Å²) in [5.41, 5.74) is 1.96. The minimum absolute atomic E-state index is 0.388. The molecule has 4 heteroatoms. The van der Waals surface area contributed by atoms with E-state index in [1.165, 1.54) is 0 Å². The van der Waals surface area contributed by atoms with Gasteiger partial charge < -0.3 is 4.42 Å². The van der Waals surface area contributed by atoms with Crippen molar-refractivity contribution in [1.82, 2.24) is 9.97 Å². The smallest absolute Gasteiger partial charge is 0.389 e. The first kappa shape index (κ1) is 7.09. The summed E-state index contributed by atoms with van der Waals surface area (Å²) in [6, 6.07) is 3.67. The molecule has 2 heterocycles. The van der Waals surface area contributed by atoms with Crippen molar-refractivity contribution in [2.75, 3.05) is 0 Å². The fraction of sp³-hybridized carbons (Fsp3) is 0.250. The van der Waals surface area contributed by atoms with Crippen LogP contribution in [0.15, 0.2) is 21.3 Å². The normalized spacial score (nSPS) is 10.8. The van der Waals surface area contributed by atoms with Crippen molar-refractivity contribution in [1.29, 1.82) is 0 Å². The lowest BCUT2D eigenvalue weighted by atomic mass is 10.3. The number of hydrogen-bond donors (Lipinski definition) is 1. The standard InChI is InChI=1S/C8H8N2O2/c1-2-5-3-4-6-7(9-5)12-8(11)10-6/h3-4H,2H2,1H3,(H,10,11). The minimum Gasteiger partial charge on any atom is -0.389 e. The number of nitrogens with one attached hydrogen (secondary N) is 1. The lowest BCUT2D eigenvalue weighted by molar-refractivity contribution is 0.544. The van der Waals surface area contributed by atoms with E-state index < -0.39 is 5.76 Å². The van der Waals surface area contributed by atoms with Gasteiger partial charge in [-0.3, -0.25) is 4.98 Å². The zero-order valence-electron chi connectivity index (χ0n) is 6.63. The predicted octanol–water partition coefficient (Wildman–Crippen LogP) is 1.08. The van der Waals surface area contributed by atoms with E-state index in [-0.39, 0.29) is 0 Å². The molecule has 0 spiro atoms. The van der Waals surface area contributed by atoms with Crippen molar-refractivity contribution in [3.8, 4) is 0 Å². The quantitative estimate of drug-likeness (QED) is 0.686. The van der Waals surface area contributed by atoms with Crippen molar-refractivity contribution in [3.05, 3.63) is 28.4 Å². The fourth-order valence-corrected chi connectivity index (χ4v) is 1.07. The van der Waals surface area contributed by atoms with E-state index >= 15 is 0 Å². The van der Waals surface area contributed by atoms with E-state index in [1.54, 1.807) is 6.07 Å². The highest BCUT2D eigenvalue weighted by atomic mass is 16.4. The van der Waals surface area contributed by atoms with Gasteiger partial charge in [0.25, 0.3) is 0 Å². The number of pyridine rings is 1. The number of nitrogens with zero attached hydrogens (tertiary/aromatic N) is 1. The van der Waals surface area contributed by atoms with Gasteiger partial charge in [-0.15, -0.1) is 0 Å². The van der Waals surface area contributed by atoms with Crippen LogP contribution in [-0.2, 0) is 6.42 Å². The highest BCUT2D eigenvalue weighted by Crippen LogP contribution is 2.07. The molecule has 0 amide bonds. The molecule has 62 valence electrons. The summed E-state index contributed by atoms with van der Waals surface area (Å²) >= 11 is 0. The van der Waals surface area contributed by atoms with Crippen LogP contribution >= 0.6 is 0 Å². The molecule has 0 aliphatic carbocycles. The number of aromatic amines is 1. The lowest BCUT2D eigenvalue weighted by Crippen LogP contribution is -1.92. The molecule has 12 heavy (non-hydrogen) atoms. The number of H-pyrrole nitrogens is 1. The van der Waals surface area contributed by atoms with Gasteiger partial charge in [-0.1, -0.05) is 6.92 Å². The van der Waals surface area contributed by atoms with Crippen LogP contribution in [0, 0.1) is 0 Å². The second kappa shape index (κ2) is 2.48. The number of oxazole rings is 1. The highest BCUT2D eigenvalue weighted by molar-refractivity contribution is 5.67. The molecular formula is C8H8N2O2. The molecule has 0 atom stereocenters. The van der Waals surface area contributed by atoms with Gasteiger partial charge in [0.1, 0.15) is 5.52 Å². The van der Waals surface area contributed by atoms with Crippen LogP contribution in [0.3, 0.4) is 0 Å². The molecular weight excluding hydrogens is 156 g/mol. The van der Waals surface area contributed by atoms with Gasteiger partial charge >= 0.3 is 5.76 Å². The summed E-state index contributed by atoms with van der Waals surface area (Å²) in [5, 5.41) is 0. The van der Waals surface area contributed by atoms with Crippen LogP contribution in [0.5, 0.6) is 0 Å². The van der Waals surface area contributed by atoms with Gasteiger partial charge in [0, 0.05) is 5.69 Å². The number of fused-ring (bicyclic) bond motifs is 1. The zero-order valence-corrected chi connectivity index (χ0v) is 6.63. The van der Waals surface area contributed by atoms with E-state index in [4.69, 9.17) is 4.42 Å². The molecule has 0 aromatic carbocycles. The van der Waals surface area contributed by atoms with E-state index in [0.717, 1.165) is 12.1 Å². The Hall–Kier alpha value is -1.58. The molecule has 0 radical (unpaired) electrons. The highest BCUT2D eigenvalue weighted by Gasteiger charge is 2.01. The van der Waals surface area contributed by atoms with Gasteiger partial charge in [0.2, 0.25) is 5.71 Å². The number of rotatable bonds is 1. The summed E-state index contributed by atoms with van der Waals surface area (Å²) in [6.45, 7) is 2.00. The average Bonchev–Trinajstić information content (AvgIpc) is 2.43. The SMILES string of the molecule is CCc1ccc2[nH]c(=O)oc2n1. The second-order valence-corrected chi connectivity index (χ2v) is 2.52. The Balaban J connectivity index is 2.74. The van der Waals surface area contributed by atoms with Crippen molar-refractivity contribution in [2.24, 2.45) is 0 Å². The molecule has 0 aliphatic rings. The van der Waals surface area contributed by atoms with Gasteiger partial charge in [0.15, 0.2) is 0 Å². The third-order valence-electron chi connectivity index (χ3n) is 1.71. The zero-order chi connectivity index (χ0) is 8.55. The van der Waals surface area contributed by atoms with Crippen molar-refractivity contribution in [3.63, 3.8) is 0 Å². The third kappa shape index (κ3) is 1.01. The molecule has 0 fully saturated rings. The molecule has 2 aromatic heterocycles. The molecule has 1 N–H and O–H groups in total. The molecule has 0 unspecified atom stereocenters. The van der Waals surface area contributed by atoms with E-state index in [1.807, 2.05) is 13.0 Å². The molecule has 0 saturated heterocycles. The van der Waals surface area contributed by atoms with Crippen LogP contribution in [0.2, 0.25) is 0 Å². The first-order chi connectivity index (χ1) is 5.79. The largest absolute Gasteiger partial charge is 0.418 e. The third-order valence-corrected chi connectivity index (χ3v) is 1.71. The average molecular weight is 164 g/mol. The van der Waals surface area contributed by atoms with Crippen LogP contribution in [0.25, 0.3) is 11.2 Å². The van der Waals surface area contributed by atoms with Crippen LogP contribution < -0.4 is 5.76 Å². The number of hydrogen-bond acceptors (Lipinski definition) is 3. The molecule has 0 bridgehead atoms. The summed E-state index contributed by atoms with van der Waals surface area (Å²) < 4.78 is 4.79. The first-order valence-corrected chi connectivity index (χ1v) is 3.78. The Morgan fingerprint density at radius 1 is 1.58 bits per heavy atom. The summed E-state index contributed by atoms with van der Waals surface area (Å²) in [6.07, 6.45) is 0.838. The van der Waals surface area contributed by atoms with E-state index in [2.05, 4.69) is 9.97 Å². The Labute approximate surface area is 68.2 Å². The van der Waals surface area contributed by atoms with E-state index in [9.17, 15) is 4.79 Å². The van der Waals surface area contributed by atoms with Crippen molar-refractivity contribution in [2.45, 2.75) is 13.3 Å². The Morgan fingerprint density at radius 3 is 3.17 bits per heavy atom. The van der Waals surface area contributed by atoms with Crippen LogP contribution in [0.1, 0.15) is 12.6 Å². The molecule has 4 nitrogen and oxygen atoms in total. The molecule has 0 saturated carbocycles. The summed E-state index contributed by atoms with van der Waals surface area (Å²) in [4.78, 5) is 17.4. The monoisotopic (exact) mass is 164 g/mol. The van der Waals surface area contributed by atoms with Gasteiger partial charge in [-0.25, -0.2) is 9.78 Å². The predicted molar refractivity (Wildman–Crippen MR) is 44.0 cm³/mol. The first-order valence-electron chi connectivity index (χ1n) is 3.78. The summed E-state index contributed by atoms with van der Waals surface area (Å²) in [7, 11) is 0. The summed E-state index contributed by atoms with van der Waals surface area (Å²) in [5.74, 6) is -0.453. The molecule has 2 rings (SSSR count). The maximum absolute atomic E-state index is 10.7. The molecule has 2 aromatic rings. The van der Waals surface area contributed by atoms with Crippen LogP contribution in [0.4, 0.5) is 0 Å². The maximum atomic E-state index is 10.7. The Morgan fingerprint density at radius 2 is 2.42 bits per heavy atom. The number of aryl methyl sites for hydroxylation is 1. The van der Waals surface area contributed by atoms with E-state index in [0.29, 0.717) is 11.2 Å². The maximum Gasteiger partial charge on any atom is 0.418 e. The van der Waals surface area contributed by atoms with Gasteiger partial charge in [0.05, 0.1) is 0 Å². The van der Waals surface area contributed by atoms with Crippen molar-refractivity contribution >= 4 is 11.2 Å².